The molecular weight excluding hydrogens is 380 g/mol. The van der Waals surface area contributed by atoms with E-state index < -0.39 is 5.54 Å². The summed E-state index contributed by atoms with van der Waals surface area (Å²) in [6, 6.07) is 6.19. The number of nitrogens with one attached hydrogen (secondary N) is 1. The van der Waals surface area contributed by atoms with Gasteiger partial charge in [0.15, 0.2) is 0 Å². The van der Waals surface area contributed by atoms with Gasteiger partial charge >= 0.3 is 0 Å². The van der Waals surface area contributed by atoms with Gasteiger partial charge < -0.3 is 14.5 Å². The van der Waals surface area contributed by atoms with Crippen molar-refractivity contribution in [3.63, 3.8) is 0 Å². The number of nitrogens with zero attached hydrogens (tertiary/aromatic N) is 3. The van der Waals surface area contributed by atoms with Crippen LogP contribution in [0.25, 0.3) is 0 Å². The number of hydrogen-bond acceptors (Lipinski definition) is 5. The summed E-state index contributed by atoms with van der Waals surface area (Å²) in [5.74, 6) is 1.54. The molecule has 7 nitrogen and oxygen atoms in total. The maximum Gasteiger partial charge on any atom is 0.252 e. The van der Waals surface area contributed by atoms with Crippen LogP contribution in [0, 0.1) is 0 Å². The summed E-state index contributed by atoms with van der Waals surface area (Å²) in [7, 11) is 1.94. The molecule has 3 aliphatic rings. The van der Waals surface area contributed by atoms with Gasteiger partial charge in [-0.1, -0.05) is 25.3 Å². The van der Waals surface area contributed by atoms with Crippen molar-refractivity contribution >= 4 is 23.5 Å². The number of hydrogen-bond donors (Lipinski definition) is 1. The summed E-state index contributed by atoms with van der Waals surface area (Å²) >= 11 is 0. The second kappa shape index (κ2) is 8.28. The maximum atomic E-state index is 12.5. The standard InChI is InChI=1S/C23H32N4O3/c1-23(2)21(29)25-22-24-18-11-7-12-19(17(18)15-27(22)23)30-14-8-13-20(28)26(3)16-9-5-4-6-10-16/h7,11-12,16H,4-6,8-10,13-15H2,1-3H3,(H,24,25,29). The van der Waals surface area contributed by atoms with Gasteiger partial charge in [-0.15, -0.1) is 0 Å². The first-order valence-corrected chi connectivity index (χ1v) is 11.1. The first kappa shape index (κ1) is 20.7. The van der Waals surface area contributed by atoms with E-state index in [1.165, 1.54) is 19.3 Å². The number of benzene rings is 1. The second-order valence-electron chi connectivity index (χ2n) is 9.04. The van der Waals surface area contributed by atoms with E-state index in [0.717, 1.165) is 29.8 Å². The normalized spacial score (nSPS) is 20.2. The van der Waals surface area contributed by atoms with Crippen LogP contribution in [-0.4, -0.2) is 52.8 Å². The Kier molecular flexibility index (Phi) is 5.71. The summed E-state index contributed by atoms with van der Waals surface area (Å²) in [6.45, 7) is 4.85. The third kappa shape index (κ3) is 3.89. The Morgan fingerprint density at radius 2 is 2.07 bits per heavy atom. The van der Waals surface area contributed by atoms with Crippen molar-refractivity contribution in [3.05, 3.63) is 23.8 Å². The molecule has 30 heavy (non-hydrogen) atoms. The lowest BCUT2D eigenvalue weighted by molar-refractivity contribution is -0.132. The fourth-order valence-electron chi connectivity index (χ4n) is 4.55. The smallest absolute Gasteiger partial charge is 0.252 e. The van der Waals surface area contributed by atoms with Crippen molar-refractivity contribution in [2.75, 3.05) is 13.7 Å². The topological polar surface area (TPSA) is 74.2 Å². The molecule has 1 aromatic rings. The number of carbonyl (C=O) groups excluding carboxylic acids is 2. The molecule has 2 aliphatic heterocycles. The van der Waals surface area contributed by atoms with E-state index in [2.05, 4.69) is 10.3 Å². The molecule has 0 atom stereocenters. The van der Waals surface area contributed by atoms with Gasteiger partial charge in [0.1, 0.15) is 11.3 Å². The van der Waals surface area contributed by atoms with Crippen LogP contribution in [0.1, 0.15) is 64.4 Å². The van der Waals surface area contributed by atoms with E-state index in [1.54, 1.807) is 0 Å². The maximum absolute atomic E-state index is 12.5. The van der Waals surface area contributed by atoms with E-state index in [4.69, 9.17) is 4.74 Å². The Balaban J connectivity index is 1.34. The lowest BCUT2D eigenvalue weighted by Crippen LogP contribution is -2.44. The van der Waals surface area contributed by atoms with E-state index in [0.29, 0.717) is 38.0 Å². The Labute approximate surface area is 178 Å². The second-order valence-corrected chi connectivity index (χ2v) is 9.04. The molecule has 1 saturated carbocycles. The number of guanidine groups is 1. The third-order valence-corrected chi connectivity index (χ3v) is 6.67. The zero-order valence-corrected chi connectivity index (χ0v) is 18.2. The number of aliphatic imine (C=N–C) groups is 1. The lowest BCUT2D eigenvalue weighted by Gasteiger charge is -2.33. The van der Waals surface area contributed by atoms with Crippen LogP contribution in [0.2, 0.25) is 0 Å². The highest BCUT2D eigenvalue weighted by molar-refractivity contribution is 6.09. The van der Waals surface area contributed by atoms with E-state index in [9.17, 15) is 9.59 Å². The van der Waals surface area contributed by atoms with Crippen LogP contribution in [-0.2, 0) is 16.1 Å². The molecule has 1 aromatic carbocycles. The van der Waals surface area contributed by atoms with Crippen molar-refractivity contribution in [3.8, 4) is 5.75 Å². The Bertz CT molecular complexity index is 858. The molecule has 1 N–H and O–H groups in total. The highest BCUT2D eigenvalue weighted by Crippen LogP contribution is 2.37. The number of fused-ring (bicyclic) bond motifs is 2. The molecule has 2 heterocycles. The molecule has 0 aromatic heterocycles. The van der Waals surface area contributed by atoms with Crippen LogP contribution < -0.4 is 10.1 Å². The Morgan fingerprint density at radius 3 is 2.83 bits per heavy atom. The number of rotatable bonds is 6. The number of carbonyl (C=O) groups is 2. The quantitative estimate of drug-likeness (QED) is 0.727. The van der Waals surface area contributed by atoms with E-state index >= 15 is 0 Å². The summed E-state index contributed by atoms with van der Waals surface area (Å²) in [5.41, 5.74) is 1.17. The molecule has 162 valence electrons. The van der Waals surface area contributed by atoms with Crippen molar-refractivity contribution in [2.45, 2.75) is 76.9 Å². The van der Waals surface area contributed by atoms with Crippen LogP contribution in [0.4, 0.5) is 5.69 Å². The molecule has 4 rings (SSSR count). The van der Waals surface area contributed by atoms with Gasteiger partial charge in [0.05, 0.1) is 18.8 Å². The molecule has 0 radical (unpaired) electrons. The first-order valence-electron chi connectivity index (χ1n) is 11.1. The molecule has 7 heteroatoms. The van der Waals surface area contributed by atoms with Crippen molar-refractivity contribution in [2.24, 2.45) is 4.99 Å². The SMILES string of the molecule is CN(C(=O)CCCOc1cccc2c1CN1C(=N2)NC(=O)C1(C)C)C1CCCCC1. The van der Waals surface area contributed by atoms with Crippen LogP contribution in [0.15, 0.2) is 23.2 Å². The highest BCUT2D eigenvalue weighted by atomic mass is 16.5. The molecular formula is C23H32N4O3. The molecule has 2 fully saturated rings. The monoisotopic (exact) mass is 412 g/mol. The fraction of sp³-hybridized carbons (Fsp3) is 0.609. The van der Waals surface area contributed by atoms with E-state index in [-0.39, 0.29) is 11.8 Å². The minimum absolute atomic E-state index is 0.0443. The number of amides is 2. The van der Waals surface area contributed by atoms with E-state index in [1.807, 2.05) is 48.9 Å². The van der Waals surface area contributed by atoms with Crippen molar-refractivity contribution < 1.29 is 14.3 Å². The summed E-state index contributed by atoms with van der Waals surface area (Å²) in [4.78, 5) is 33.3. The predicted octanol–water partition coefficient (Wildman–Crippen LogP) is 3.35. The lowest BCUT2D eigenvalue weighted by atomic mass is 9.94. The van der Waals surface area contributed by atoms with Gasteiger partial charge in [0.25, 0.3) is 5.91 Å². The molecule has 1 aliphatic carbocycles. The zero-order chi connectivity index (χ0) is 21.3. The molecule has 2 amide bonds. The van der Waals surface area contributed by atoms with Crippen molar-refractivity contribution in [1.29, 1.82) is 0 Å². The van der Waals surface area contributed by atoms with Gasteiger partial charge in [-0.3, -0.25) is 14.9 Å². The number of ether oxygens (including phenoxy) is 1. The average Bonchev–Trinajstić information content (AvgIpc) is 2.97. The summed E-state index contributed by atoms with van der Waals surface area (Å²) in [5, 5.41) is 2.86. The average molecular weight is 413 g/mol. The Hall–Kier alpha value is -2.57. The van der Waals surface area contributed by atoms with Crippen molar-refractivity contribution in [1.82, 2.24) is 15.1 Å². The van der Waals surface area contributed by atoms with Gasteiger partial charge in [-0.05, 0) is 45.2 Å². The fourth-order valence-corrected chi connectivity index (χ4v) is 4.55. The molecule has 0 unspecified atom stereocenters. The van der Waals surface area contributed by atoms with Crippen LogP contribution in [0.5, 0.6) is 5.75 Å². The van der Waals surface area contributed by atoms with Crippen LogP contribution >= 0.6 is 0 Å². The molecule has 0 spiro atoms. The largest absolute Gasteiger partial charge is 0.493 e. The summed E-state index contributed by atoms with van der Waals surface area (Å²) in [6.07, 6.45) is 7.18. The zero-order valence-electron chi connectivity index (χ0n) is 18.2. The van der Waals surface area contributed by atoms with Gasteiger partial charge in [0.2, 0.25) is 11.9 Å². The van der Waals surface area contributed by atoms with Gasteiger partial charge in [-0.25, -0.2) is 4.99 Å². The van der Waals surface area contributed by atoms with Gasteiger partial charge in [0, 0.05) is 25.1 Å². The molecule has 0 bridgehead atoms. The predicted molar refractivity (Wildman–Crippen MR) is 116 cm³/mol. The third-order valence-electron chi connectivity index (χ3n) is 6.67. The minimum Gasteiger partial charge on any atom is -0.493 e. The summed E-state index contributed by atoms with van der Waals surface area (Å²) < 4.78 is 6.05. The molecule has 1 saturated heterocycles. The van der Waals surface area contributed by atoms with Gasteiger partial charge in [-0.2, -0.15) is 0 Å². The minimum atomic E-state index is -0.639. The van der Waals surface area contributed by atoms with Crippen LogP contribution in [0.3, 0.4) is 0 Å². The highest BCUT2D eigenvalue weighted by Gasteiger charge is 2.46. The Morgan fingerprint density at radius 1 is 1.30 bits per heavy atom. The first-order chi connectivity index (χ1) is 14.4.